The number of pyridine rings is 1. The van der Waals surface area contributed by atoms with E-state index in [0.29, 0.717) is 18.0 Å². The van der Waals surface area contributed by atoms with Crippen molar-refractivity contribution in [2.24, 2.45) is 0 Å². The third-order valence-electron chi connectivity index (χ3n) is 2.83. The molecule has 0 fully saturated rings. The maximum absolute atomic E-state index is 12.2. The van der Waals surface area contributed by atoms with E-state index < -0.39 is 0 Å². The second-order valence-electron chi connectivity index (χ2n) is 4.31. The highest BCUT2D eigenvalue weighted by Gasteiger charge is 2.12. The molecule has 1 heterocycles. The number of alkyl halides is 1. The van der Waals surface area contributed by atoms with Crippen molar-refractivity contribution in [3.63, 3.8) is 0 Å². The Labute approximate surface area is 117 Å². The molecule has 4 heteroatoms. The van der Waals surface area contributed by atoms with Gasteiger partial charge in [0, 0.05) is 24.7 Å². The lowest BCUT2D eigenvalue weighted by atomic mass is 10.1. The molecule has 3 nitrogen and oxygen atoms in total. The number of hydrogen-bond acceptors (Lipinski definition) is 2. The average molecular weight is 275 g/mol. The van der Waals surface area contributed by atoms with E-state index in [0.717, 1.165) is 11.3 Å². The lowest BCUT2D eigenvalue weighted by Gasteiger charge is -2.16. The zero-order valence-electron chi connectivity index (χ0n) is 10.7. The molecule has 2 aromatic rings. The maximum atomic E-state index is 12.2. The van der Waals surface area contributed by atoms with E-state index in [1.54, 1.807) is 30.3 Å². The monoisotopic (exact) mass is 274 g/mol. The Hall–Kier alpha value is -1.87. The van der Waals surface area contributed by atoms with Crippen LogP contribution >= 0.6 is 11.6 Å². The van der Waals surface area contributed by atoms with Crippen LogP contribution in [0, 0.1) is 0 Å². The normalized spacial score (nSPS) is 10.2. The summed E-state index contributed by atoms with van der Waals surface area (Å²) in [6.45, 7) is 0.497. The van der Waals surface area contributed by atoms with E-state index in [4.69, 9.17) is 11.6 Å². The molecule has 0 atom stereocenters. The quantitative estimate of drug-likeness (QED) is 0.803. The van der Waals surface area contributed by atoms with Crippen LogP contribution in [0.4, 0.5) is 0 Å². The molecule has 0 bridgehead atoms. The van der Waals surface area contributed by atoms with E-state index in [1.807, 2.05) is 30.3 Å². The highest BCUT2D eigenvalue weighted by molar-refractivity contribution is 6.17. The van der Waals surface area contributed by atoms with Gasteiger partial charge in [-0.15, -0.1) is 11.6 Å². The molecule has 0 N–H and O–H groups in total. The van der Waals surface area contributed by atoms with E-state index in [2.05, 4.69) is 4.98 Å². The molecule has 98 valence electrons. The summed E-state index contributed by atoms with van der Waals surface area (Å²) in [7, 11) is 1.77. The van der Waals surface area contributed by atoms with E-state index in [-0.39, 0.29) is 5.91 Å². The second kappa shape index (κ2) is 6.34. The van der Waals surface area contributed by atoms with Crippen LogP contribution in [0.5, 0.6) is 0 Å². The van der Waals surface area contributed by atoms with Crippen molar-refractivity contribution < 1.29 is 4.79 Å². The first-order chi connectivity index (χ1) is 9.20. The largest absolute Gasteiger partial charge is 0.336 e. The van der Waals surface area contributed by atoms with Crippen molar-refractivity contribution in [1.29, 1.82) is 0 Å². The van der Waals surface area contributed by atoms with Crippen LogP contribution < -0.4 is 0 Å². The minimum atomic E-state index is -0.0215. The van der Waals surface area contributed by atoms with Gasteiger partial charge in [-0.05, 0) is 29.8 Å². The molecule has 0 aliphatic rings. The highest BCUT2D eigenvalue weighted by atomic mass is 35.5. The number of hydrogen-bond donors (Lipinski definition) is 0. The molecule has 0 radical (unpaired) electrons. The number of halogens is 1. The molecule has 0 unspecified atom stereocenters. The smallest absolute Gasteiger partial charge is 0.253 e. The summed E-state index contributed by atoms with van der Waals surface area (Å²) in [6.07, 6.45) is 1.73. The molecule has 0 saturated carbocycles. The third kappa shape index (κ3) is 3.55. The van der Waals surface area contributed by atoms with Crippen LogP contribution in [0.2, 0.25) is 0 Å². The molecule has 0 spiro atoms. The van der Waals surface area contributed by atoms with Crippen LogP contribution in [-0.4, -0.2) is 22.8 Å². The summed E-state index contributed by atoms with van der Waals surface area (Å²) in [5, 5.41) is 0. The topological polar surface area (TPSA) is 33.2 Å². The van der Waals surface area contributed by atoms with Crippen LogP contribution in [0.1, 0.15) is 21.6 Å². The molecule has 0 saturated heterocycles. The molecule has 1 aromatic heterocycles. The zero-order chi connectivity index (χ0) is 13.7. The number of carbonyl (C=O) groups excluding carboxylic acids is 1. The zero-order valence-corrected chi connectivity index (χ0v) is 11.5. The fourth-order valence-corrected chi connectivity index (χ4v) is 1.94. The van der Waals surface area contributed by atoms with Crippen molar-refractivity contribution in [3.8, 4) is 0 Å². The fraction of sp³-hybridized carbons (Fsp3) is 0.200. The standard InChI is InChI=1S/C15H15ClN2O/c1-18(11-14-4-2-3-9-17-14)15(19)13-7-5-12(10-16)6-8-13/h2-9H,10-11H2,1H3. The summed E-state index contributed by atoms with van der Waals surface area (Å²) in [6, 6.07) is 13.0. The minimum absolute atomic E-state index is 0.0215. The molecule has 0 aliphatic heterocycles. The maximum Gasteiger partial charge on any atom is 0.253 e. The van der Waals surface area contributed by atoms with Gasteiger partial charge in [-0.1, -0.05) is 18.2 Å². The van der Waals surface area contributed by atoms with Gasteiger partial charge in [0.2, 0.25) is 0 Å². The first-order valence-electron chi connectivity index (χ1n) is 6.01. The summed E-state index contributed by atoms with van der Waals surface area (Å²) < 4.78 is 0. The van der Waals surface area contributed by atoms with Crippen molar-refractivity contribution >= 4 is 17.5 Å². The van der Waals surface area contributed by atoms with E-state index >= 15 is 0 Å². The molecule has 1 amide bonds. The van der Waals surface area contributed by atoms with Crippen molar-refractivity contribution in [1.82, 2.24) is 9.88 Å². The Morgan fingerprint density at radius 2 is 1.95 bits per heavy atom. The fourth-order valence-electron chi connectivity index (χ4n) is 1.76. The van der Waals surface area contributed by atoms with Crippen LogP contribution in [-0.2, 0) is 12.4 Å². The first-order valence-corrected chi connectivity index (χ1v) is 6.54. The predicted molar refractivity (Wildman–Crippen MR) is 76.0 cm³/mol. The number of benzene rings is 1. The SMILES string of the molecule is CN(Cc1ccccn1)C(=O)c1ccc(CCl)cc1. The van der Waals surface area contributed by atoms with Gasteiger partial charge in [0.05, 0.1) is 12.2 Å². The molecule has 2 rings (SSSR count). The Balaban J connectivity index is 2.06. The number of aromatic nitrogens is 1. The second-order valence-corrected chi connectivity index (χ2v) is 4.58. The van der Waals surface area contributed by atoms with Crippen LogP contribution in [0.15, 0.2) is 48.7 Å². The van der Waals surface area contributed by atoms with Crippen molar-refractivity contribution in [3.05, 3.63) is 65.5 Å². The summed E-state index contributed by atoms with van der Waals surface area (Å²) in [5.41, 5.74) is 2.54. The van der Waals surface area contributed by atoms with Crippen molar-refractivity contribution in [2.75, 3.05) is 7.05 Å². The molecule has 1 aromatic carbocycles. The van der Waals surface area contributed by atoms with E-state index in [1.165, 1.54) is 0 Å². The van der Waals surface area contributed by atoms with Gasteiger partial charge in [-0.3, -0.25) is 9.78 Å². The van der Waals surface area contributed by atoms with Gasteiger partial charge in [0.15, 0.2) is 0 Å². The summed E-state index contributed by atoms with van der Waals surface area (Å²) in [5.74, 6) is 0.435. The van der Waals surface area contributed by atoms with Crippen molar-refractivity contribution in [2.45, 2.75) is 12.4 Å². The van der Waals surface area contributed by atoms with Gasteiger partial charge in [-0.2, -0.15) is 0 Å². The number of amides is 1. The Morgan fingerprint density at radius 1 is 1.21 bits per heavy atom. The van der Waals surface area contributed by atoms with Crippen LogP contribution in [0.25, 0.3) is 0 Å². The Kier molecular flexibility index (Phi) is 4.53. The molecule has 19 heavy (non-hydrogen) atoms. The van der Waals surface area contributed by atoms with E-state index in [9.17, 15) is 4.79 Å². The van der Waals surface area contributed by atoms with Crippen LogP contribution in [0.3, 0.4) is 0 Å². The first kappa shape index (κ1) is 13.6. The number of nitrogens with zero attached hydrogens (tertiary/aromatic N) is 2. The minimum Gasteiger partial charge on any atom is -0.336 e. The van der Waals surface area contributed by atoms with Gasteiger partial charge in [0.25, 0.3) is 5.91 Å². The molecular formula is C15H15ClN2O. The Morgan fingerprint density at radius 3 is 2.53 bits per heavy atom. The molecule has 0 aliphatic carbocycles. The number of rotatable bonds is 4. The lowest BCUT2D eigenvalue weighted by molar-refractivity contribution is 0.0783. The van der Waals surface area contributed by atoms with Gasteiger partial charge >= 0.3 is 0 Å². The summed E-state index contributed by atoms with van der Waals surface area (Å²) in [4.78, 5) is 18.1. The Bertz CT molecular complexity index is 540. The number of carbonyl (C=O) groups is 1. The molecular weight excluding hydrogens is 260 g/mol. The van der Waals surface area contributed by atoms with Gasteiger partial charge in [0.1, 0.15) is 0 Å². The lowest BCUT2D eigenvalue weighted by Crippen LogP contribution is -2.26. The average Bonchev–Trinajstić information content (AvgIpc) is 2.47. The van der Waals surface area contributed by atoms with Gasteiger partial charge < -0.3 is 4.90 Å². The third-order valence-corrected chi connectivity index (χ3v) is 3.14. The summed E-state index contributed by atoms with van der Waals surface area (Å²) >= 11 is 5.73. The highest BCUT2D eigenvalue weighted by Crippen LogP contribution is 2.10. The predicted octanol–water partition coefficient (Wildman–Crippen LogP) is 3.09. The van der Waals surface area contributed by atoms with Gasteiger partial charge in [-0.25, -0.2) is 0 Å².